The van der Waals surface area contributed by atoms with E-state index in [1.807, 2.05) is 0 Å². The summed E-state index contributed by atoms with van der Waals surface area (Å²) in [5, 5.41) is 3.64. The molecular weight excluding hydrogens is 224 g/mol. The van der Waals surface area contributed by atoms with Gasteiger partial charge in [0.05, 0.1) is 13.3 Å². The Hall–Kier alpha value is -2.37. The number of nitrogens with zero attached hydrogens (tertiary/aromatic N) is 1. The molecule has 6 nitrogen and oxygen atoms in total. The van der Waals surface area contributed by atoms with E-state index in [-0.39, 0.29) is 0 Å². The van der Waals surface area contributed by atoms with Gasteiger partial charge >= 0.3 is 12.1 Å². The Morgan fingerprint density at radius 2 is 2.06 bits per heavy atom. The molecule has 1 aromatic rings. The Bertz CT molecular complexity index is 443. The monoisotopic (exact) mass is 236 g/mol. The van der Waals surface area contributed by atoms with Crippen LogP contribution >= 0.6 is 0 Å². The van der Waals surface area contributed by atoms with Crippen LogP contribution in [0.3, 0.4) is 0 Å². The van der Waals surface area contributed by atoms with Crippen molar-refractivity contribution >= 4 is 18.3 Å². The lowest BCUT2D eigenvalue weighted by Gasteiger charge is -2.04. The molecule has 0 aromatic heterocycles. The third-order valence-corrected chi connectivity index (χ3v) is 1.72. The van der Waals surface area contributed by atoms with Gasteiger partial charge in [0.1, 0.15) is 5.75 Å². The molecule has 0 aliphatic heterocycles. The van der Waals surface area contributed by atoms with E-state index in [1.165, 1.54) is 20.2 Å². The van der Waals surface area contributed by atoms with E-state index in [0.717, 1.165) is 0 Å². The van der Waals surface area contributed by atoms with E-state index in [9.17, 15) is 9.59 Å². The molecule has 0 aliphatic carbocycles. The average molecular weight is 236 g/mol. The van der Waals surface area contributed by atoms with Gasteiger partial charge in [-0.15, -0.1) is 0 Å². The van der Waals surface area contributed by atoms with E-state index in [1.54, 1.807) is 24.3 Å². The molecule has 1 N–H and O–H groups in total. The summed E-state index contributed by atoms with van der Waals surface area (Å²) in [4.78, 5) is 21.6. The number of ether oxygens (including phenoxy) is 2. The Labute approximate surface area is 98.2 Å². The first-order valence-corrected chi connectivity index (χ1v) is 4.78. The van der Waals surface area contributed by atoms with Crippen molar-refractivity contribution in [2.75, 3.05) is 7.11 Å². The van der Waals surface area contributed by atoms with Crippen LogP contribution in [0.25, 0.3) is 0 Å². The van der Waals surface area contributed by atoms with E-state index in [0.29, 0.717) is 11.3 Å². The van der Waals surface area contributed by atoms with E-state index in [2.05, 4.69) is 15.3 Å². The summed E-state index contributed by atoms with van der Waals surface area (Å²) in [5.41, 5.74) is 2.70. The fourth-order valence-electron chi connectivity index (χ4n) is 1.04. The molecule has 0 heterocycles. The SMILES string of the molecule is COC(=O)N/N=C/c1ccccc1OC(C)=O. The van der Waals surface area contributed by atoms with Crippen LogP contribution in [0.2, 0.25) is 0 Å². The van der Waals surface area contributed by atoms with Crippen molar-refractivity contribution in [3.05, 3.63) is 29.8 Å². The number of benzene rings is 1. The van der Waals surface area contributed by atoms with Crippen LogP contribution in [0.1, 0.15) is 12.5 Å². The zero-order valence-electron chi connectivity index (χ0n) is 9.47. The minimum atomic E-state index is -0.675. The zero-order valence-corrected chi connectivity index (χ0v) is 9.47. The number of para-hydroxylation sites is 1. The molecule has 0 radical (unpaired) electrons. The molecule has 0 saturated carbocycles. The van der Waals surface area contributed by atoms with Crippen molar-refractivity contribution in [1.29, 1.82) is 0 Å². The van der Waals surface area contributed by atoms with Gasteiger partial charge in [0.2, 0.25) is 0 Å². The Balaban J connectivity index is 2.76. The quantitative estimate of drug-likeness (QED) is 0.371. The second-order valence-electron chi connectivity index (χ2n) is 2.99. The Morgan fingerprint density at radius 1 is 1.35 bits per heavy atom. The second-order valence-corrected chi connectivity index (χ2v) is 2.99. The highest BCUT2D eigenvalue weighted by Crippen LogP contribution is 2.15. The topological polar surface area (TPSA) is 77.0 Å². The molecule has 1 rings (SSSR count). The summed E-state index contributed by atoms with van der Waals surface area (Å²) in [6, 6.07) is 6.80. The standard InChI is InChI=1S/C11H12N2O4/c1-8(14)17-10-6-4-3-5-9(10)7-12-13-11(15)16-2/h3-7H,1-2H3,(H,13,15)/b12-7+. The number of hydrogen-bond acceptors (Lipinski definition) is 5. The molecular formula is C11H12N2O4. The van der Waals surface area contributed by atoms with Crippen LogP contribution in [0.4, 0.5) is 4.79 Å². The van der Waals surface area contributed by atoms with Crippen LogP contribution < -0.4 is 10.2 Å². The van der Waals surface area contributed by atoms with Gasteiger partial charge in [-0.3, -0.25) is 4.79 Å². The first-order chi connectivity index (χ1) is 8.13. The molecule has 0 aliphatic rings. The third-order valence-electron chi connectivity index (χ3n) is 1.72. The number of hydrazone groups is 1. The minimum Gasteiger partial charge on any atom is -0.452 e. The molecule has 0 spiro atoms. The van der Waals surface area contributed by atoms with Crippen molar-refractivity contribution in [2.45, 2.75) is 6.92 Å². The summed E-state index contributed by atoms with van der Waals surface area (Å²) in [6.45, 7) is 1.31. The van der Waals surface area contributed by atoms with Crippen LogP contribution in [0.5, 0.6) is 5.75 Å². The number of esters is 1. The van der Waals surface area contributed by atoms with Crippen LogP contribution in [-0.4, -0.2) is 25.4 Å². The summed E-state index contributed by atoms with van der Waals surface area (Å²) in [5.74, 6) is -0.0535. The lowest BCUT2D eigenvalue weighted by molar-refractivity contribution is -0.131. The first kappa shape index (κ1) is 12.7. The minimum absolute atomic E-state index is 0.371. The molecule has 17 heavy (non-hydrogen) atoms. The van der Waals surface area contributed by atoms with Crippen molar-refractivity contribution in [3.8, 4) is 5.75 Å². The van der Waals surface area contributed by atoms with Gasteiger partial charge in [0, 0.05) is 12.5 Å². The summed E-state index contributed by atoms with van der Waals surface area (Å²) < 4.78 is 9.29. The lowest BCUT2D eigenvalue weighted by atomic mass is 10.2. The summed E-state index contributed by atoms with van der Waals surface area (Å²) in [7, 11) is 1.23. The Morgan fingerprint density at radius 3 is 2.71 bits per heavy atom. The van der Waals surface area contributed by atoms with Gasteiger partial charge < -0.3 is 9.47 Å². The fraction of sp³-hybridized carbons (Fsp3) is 0.182. The highest BCUT2D eigenvalue weighted by Gasteiger charge is 2.03. The number of amides is 1. The van der Waals surface area contributed by atoms with E-state index < -0.39 is 12.1 Å². The maximum absolute atomic E-state index is 10.8. The molecule has 0 fully saturated rings. The van der Waals surface area contributed by atoms with E-state index in [4.69, 9.17) is 4.74 Å². The summed E-state index contributed by atoms with van der Waals surface area (Å²) >= 11 is 0. The average Bonchev–Trinajstić information content (AvgIpc) is 2.30. The van der Waals surface area contributed by atoms with Crippen molar-refractivity contribution in [1.82, 2.24) is 5.43 Å². The highest BCUT2D eigenvalue weighted by atomic mass is 16.5. The van der Waals surface area contributed by atoms with Crippen LogP contribution in [-0.2, 0) is 9.53 Å². The molecule has 1 aromatic carbocycles. The smallest absolute Gasteiger partial charge is 0.427 e. The third kappa shape index (κ3) is 4.33. The molecule has 0 saturated heterocycles. The molecule has 90 valence electrons. The largest absolute Gasteiger partial charge is 0.452 e. The van der Waals surface area contributed by atoms with Crippen LogP contribution in [0, 0.1) is 0 Å². The van der Waals surface area contributed by atoms with Gasteiger partial charge in [0.25, 0.3) is 0 Å². The number of nitrogens with one attached hydrogen (secondary N) is 1. The fourth-order valence-corrected chi connectivity index (χ4v) is 1.04. The van der Waals surface area contributed by atoms with Crippen molar-refractivity contribution < 1.29 is 19.1 Å². The highest BCUT2D eigenvalue weighted by molar-refractivity contribution is 5.85. The van der Waals surface area contributed by atoms with Gasteiger partial charge in [-0.1, -0.05) is 12.1 Å². The normalized spacial score (nSPS) is 10.0. The number of methoxy groups -OCH3 is 1. The van der Waals surface area contributed by atoms with Gasteiger partial charge in [0.15, 0.2) is 0 Å². The molecule has 0 bridgehead atoms. The van der Waals surface area contributed by atoms with Gasteiger partial charge in [-0.2, -0.15) is 5.10 Å². The number of hydrogen-bond donors (Lipinski definition) is 1. The molecule has 6 heteroatoms. The predicted octanol–water partition coefficient (Wildman–Crippen LogP) is 1.30. The first-order valence-electron chi connectivity index (χ1n) is 4.78. The number of carbonyl (C=O) groups is 2. The lowest BCUT2D eigenvalue weighted by Crippen LogP contribution is -2.16. The maximum atomic E-state index is 10.8. The van der Waals surface area contributed by atoms with Gasteiger partial charge in [-0.05, 0) is 12.1 Å². The number of rotatable bonds is 3. The molecule has 0 atom stereocenters. The second kappa shape index (κ2) is 6.26. The molecule has 1 amide bonds. The Kier molecular flexibility index (Phi) is 4.68. The van der Waals surface area contributed by atoms with Gasteiger partial charge in [-0.25, -0.2) is 10.2 Å². The van der Waals surface area contributed by atoms with Crippen LogP contribution in [0.15, 0.2) is 29.4 Å². The predicted molar refractivity (Wildman–Crippen MR) is 60.9 cm³/mol. The zero-order chi connectivity index (χ0) is 12.7. The molecule has 0 unspecified atom stereocenters. The summed E-state index contributed by atoms with van der Waals surface area (Å²) in [6.07, 6.45) is 0.682. The van der Waals surface area contributed by atoms with Crippen molar-refractivity contribution in [3.63, 3.8) is 0 Å². The van der Waals surface area contributed by atoms with E-state index >= 15 is 0 Å². The maximum Gasteiger partial charge on any atom is 0.427 e. The number of carbonyl (C=O) groups excluding carboxylic acids is 2. The van der Waals surface area contributed by atoms with Crippen molar-refractivity contribution in [2.24, 2.45) is 5.10 Å².